The molecule has 0 radical (unpaired) electrons. The predicted octanol–water partition coefficient (Wildman–Crippen LogP) is 10.9. The second kappa shape index (κ2) is 10.6. The summed E-state index contributed by atoms with van der Waals surface area (Å²) in [5.74, 6) is -21.4. The lowest BCUT2D eigenvalue weighted by Gasteiger charge is -2.31. The van der Waals surface area contributed by atoms with Crippen LogP contribution in [-0.2, 0) is 5.41 Å². The van der Waals surface area contributed by atoms with E-state index in [1.54, 1.807) is 36.4 Å². The zero-order valence-corrected chi connectivity index (χ0v) is 24.4. The topological polar surface area (TPSA) is 24.1 Å². The van der Waals surface area contributed by atoms with E-state index < -0.39 is 75.0 Å². The third-order valence-corrected chi connectivity index (χ3v) is 9.05. The van der Waals surface area contributed by atoms with E-state index in [-0.39, 0.29) is 11.4 Å². The summed E-state index contributed by atoms with van der Waals surface area (Å²) in [6.07, 6.45) is 0. The average molecular weight is 679 g/mol. The number of rotatable bonds is 4. The predicted molar refractivity (Wildman–Crippen MR) is 162 cm³/mol. The van der Waals surface area contributed by atoms with Gasteiger partial charge in [0, 0.05) is 11.4 Å². The first-order chi connectivity index (χ1) is 23.5. The van der Waals surface area contributed by atoms with E-state index in [0.29, 0.717) is 22.3 Å². The number of benzene rings is 6. The fourth-order valence-electron chi connectivity index (χ4n) is 7.01. The highest BCUT2D eigenvalue weighted by Gasteiger charge is 2.52. The minimum absolute atomic E-state index is 0.0317. The third kappa shape index (κ3) is 4.03. The fraction of sp³-hybridized carbons (Fsp3) is 0.0270. The minimum Gasteiger partial charge on any atom is -0.351 e. The molecule has 2 N–H and O–H groups in total. The number of anilines is 4. The molecular weight excluding hydrogens is 662 g/mol. The number of nitrogens with one attached hydrogen (secondary N) is 2. The van der Waals surface area contributed by atoms with E-state index in [1.807, 2.05) is 24.3 Å². The molecule has 0 fully saturated rings. The molecule has 2 aliphatic rings. The van der Waals surface area contributed by atoms with Gasteiger partial charge in [-0.2, -0.15) is 0 Å². The van der Waals surface area contributed by atoms with E-state index in [0.717, 1.165) is 22.3 Å². The van der Waals surface area contributed by atoms with E-state index in [1.165, 1.54) is 24.3 Å². The van der Waals surface area contributed by atoms with Gasteiger partial charge in [0.2, 0.25) is 11.6 Å². The lowest BCUT2D eigenvalue weighted by Crippen LogP contribution is -2.26. The SMILES string of the molecule is Fc1c(F)c(F)c(Nc2ccc3c(c2)C2(c4ccccc4-3)c3ccccc3-c3ccc(Nc4c(F)c(F)c(F)c(F)c4F)cc32)c(F)c1F. The maximum atomic E-state index is 14.7. The monoisotopic (exact) mass is 678 g/mol. The highest BCUT2D eigenvalue weighted by Crippen LogP contribution is 2.63. The third-order valence-electron chi connectivity index (χ3n) is 9.05. The van der Waals surface area contributed by atoms with Crippen molar-refractivity contribution in [1.82, 2.24) is 0 Å². The molecule has 0 saturated heterocycles. The molecule has 0 heterocycles. The molecule has 0 aliphatic heterocycles. The van der Waals surface area contributed by atoms with Crippen LogP contribution in [0, 0.1) is 58.2 Å². The molecule has 6 aromatic rings. The van der Waals surface area contributed by atoms with E-state index in [9.17, 15) is 43.9 Å². The van der Waals surface area contributed by atoms with Crippen molar-refractivity contribution in [2.45, 2.75) is 5.41 Å². The molecule has 1 spiro atoms. The van der Waals surface area contributed by atoms with Crippen molar-refractivity contribution in [2.24, 2.45) is 0 Å². The summed E-state index contributed by atoms with van der Waals surface area (Å²) in [5.41, 5.74) is 1.44. The molecule has 244 valence electrons. The quantitative estimate of drug-likeness (QED) is 0.110. The Kier molecular flexibility index (Phi) is 6.62. The van der Waals surface area contributed by atoms with Crippen LogP contribution in [-0.4, -0.2) is 0 Å². The molecule has 0 saturated carbocycles. The highest BCUT2D eigenvalue weighted by atomic mass is 19.2. The van der Waals surface area contributed by atoms with Gasteiger partial charge in [-0.1, -0.05) is 60.7 Å². The molecular formula is C37H16F10N2. The molecule has 2 nitrogen and oxygen atoms in total. The van der Waals surface area contributed by atoms with Gasteiger partial charge in [0.15, 0.2) is 46.5 Å². The Morgan fingerprint density at radius 2 is 0.633 bits per heavy atom. The van der Waals surface area contributed by atoms with Crippen molar-refractivity contribution >= 4 is 22.7 Å². The molecule has 0 bridgehead atoms. The summed E-state index contributed by atoms with van der Waals surface area (Å²) in [5, 5.41) is 4.68. The first kappa shape index (κ1) is 30.5. The van der Waals surface area contributed by atoms with Gasteiger partial charge in [0.05, 0.1) is 5.41 Å². The summed E-state index contributed by atoms with van der Waals surface area (Å²) in [6.45, 7) is 0. The Balaban J connectivity index is 1.36. The normalized spacial score (nSPS) is 13.3. The standard InChI is InChI=1S/C37H16F10N2/c38-25-27(40)31(44)35(32(45)28(25)41)48-15-9-11-19-17-5-1-3-7-21(17)37(23(19)13-15)22-8-4-2-6-18(22)20-12-10-16(14-24(20)37)49-36-33(46)29(42)26(39)30(43)34(36)47/h1-14,48-49H. The zero-order chi connectivity index (χ0) is 34.5. The first-order valence-electron chi connectivity index (χ1n) is 14.5. The summed E-state index contributed by atoms with van der Waals surface area (Å²) in [7, 11) is 0. The highest BCUT2D eigenvalue weighted by molar-refractivity contribution is 5.96. The number of hydrogen-bond acceptors (Lipinski definition) is 2. The smallest absolute Gasteiger partial charge is 0.200 e. The molecule has 49 heavy (non-hydrogen) atoms. The molecule has 0 aromatic heterocycles. The summed E-state index contributed by atoms with van der Waals surface area (Å²) in [6, 6.07) is 23.5. The largest absolute Gasteiger partial charge is 0.351 e. The van der Waals surface area contributed by atoms with Gasteiger partial charge < -0.3 is 10.6 Å². The van der Waals surface area contributed by atoms with Gasteiger partial charge in [-0.05, 0) is 68.8 Å². The van der Waals surface area contributed by atoms with Gasteiger partial charge >= 0.3 is 0 Å². The van der Waals surface area contributed by atoms with E-state index >= 15 is 0 Å². The summed E-state index contributed by atoms with van der Waals surface area (Å²) in [4.78, 5) is 0. The number of fused-ring (bicyclic) bond motifs is 10. The van der Waals surface area contributed by atoms with Gasteiger partial charge in [0.1, 0.15) is 11.4 Å². The summed E-state index contributed by atoms with van der Waals surface area (Å²) < 4.78 is 143. The van der Waals surface area contributed by atoms with Crippen LogP contribution >= 0.6 is 0 Å². The molecule has 6 aromatic carbocycles. The van der Waals surface area contributed by atoms with Gasteiger partial charge in [0.25, 0.3) is 0 Å². The molecule has 0 amide bonds. The molecule has 0 atom stereocenters. The molecule has 8 rings (SSSR count). The van der Waals surface area contributed by atoms with Crippen molar-refractivity contribution in [3.8, 4) is 22.3 Å². The van der Waals surface area contributed by atoms with Crippen LogP contribution in [0.3, 0.4) is 0 Å². The van der Waals surface area contributed by atoms with Gasteiger partial charge in [-0.15, -0.1) is 0 Å². The Labute approximate surface area is 270 Å². The maximum absolute atomic E-state index is 14.7. The van der Waals surface area contributed by atoms with Crippen molar-refractivity contribution in [3.63, 3.8) is 0 Å². The van der Waals surface area contributed by atoms with Crippen molar-refractivity contribution in [3.05, 3.63) is 165 Å². The van der Waals surface area contributed by atoms with Crippen molar-refractivity contribution < 1.29 is 43.9 Å². The minimum atomic E-state index is -2.31. The van der Waals surface area contributed by atoms with Gasteiger partial charge in [-0.25, -0.2) is 43.9 Å². The van der Waals surface area contributed by atoms with Crippen LogP contribution in [0.25, 0.3) is 22.3 Å². The Hall–Kier alpha value is -5.78. The second-order valence-electron chi connectivity index (χ2n) is 11.5. The average Bonchev–Trinajstić information content (AvgIpc) is 3.58. The maximum Gasteiger partial charge on any atom is 0.200 e. The zero-order valence-electron chi connectivity index (χ0n) is 24.4. The summed E-state index contributed by atoms with van der Waals surface area (Å²) >= 11 is 0. The number of hydrogen-bond donors (Lipinski definition) is 2. The molecule has 12 heteroatoms. The first-order valence-corrected chi connectivity index (χ1v) is 14.5. The van der Waals surface area contributed by atoms with E-state index in [4.69, 9.17) is 0 Å². The van der Waals surface area contributed by atoms with Crippen LogP contribution in [0.2, 0.25) is 0 Å². The fourth-order valence-corrected chi connectivity index (χ4v) is 7.01. The molecule has 0 unspecified atom stereocenters. The lowest BCUT2D eigenvalue weighted by atomic mass is 9.70. The van der Waals surface area contributed by atoms with E-state index in [2.05, 4.69) is 10.6 Å². The van der Waals surface area contributed by atoms with Crippen molar-refractivity contribution in [2.75, 3.05) is 10.6 Å². The van der Waals surface area contributed by atoms with Crippen molar-refractivity contribution in [1.29, 1.82) is 0 Å². The van der Waals surface area contributed by atoms with Crippen LogP contribution in [0.15, 0.2) is 84.9 Å². The van der Waals surface area contributed by atoms with Crippen LogP contribution in [0.1, 0.15) is 22.3 Å². The lowest BCUT2D eigenvalue weighted by molar-refractivity contribution is 0.382. The van der Waals surface area contributed by atoms with Crippen LogP contribution < -0.4 is 10.6 Å². The Morgan fingerprint density at radius 3 is 1.00 bits per heavy atom. The second-order valence-corrected chi connectivity index (χ2v) is 11.5. The Bertz CT molecular complexity index is 2200. The van der Waals surface area contributed by atoms with Crippen LogP contribution in [0.4, 0.5) is 66.7 Å². The molecule has 2 aliphatic carbocycles. The Morgan fingerprint density at radius 1 is 0.327 bits per heavy atom. The van der Waals surface area contributed by atoms with Crippen LogP contribution in [0.5, 0.6) is 0 Å². The number of halogens is 10. The van der Waals surface area contributed by atoms with Gasteiger partial charge in [-0.3, -0.25) is 0 Å².